The van der Waals surface area contributed by atoms with Gasteiger partial charge in [0.1, 0.15) is 5.75 Å². The van der Waals surface area contributed by atoms with E-state index in [-0.39, 0.29) is 5.92 Å². The van der Waals surface area contributed by atoms with E-state index in [1.165, 1.54) is 11.1 Å². The molecule has 2 aromatic rings. The molecule has 1 nitrogen and oxygen atoms in total. The van der Waals surface area contributed by atoms with Crippen LogP contribution in [0.3, 0.4) is 0 Å². The van der Waals surface area contributed by atoms with Crippen molar-refractivity contribution in [1.82, 2.24) is 0 Å². The van der Waals surface area contributed by atoms with E-state index in [1.807, 2.05) is 64.1 Å². The molecule has 28 heavy (non-hydrogen) atoms. The molecule has 0 aromatic heterocycles. The molecule has 2 aromatic carbocycles. The van der Waals surface area contributed by atoms with E-state index in [0.717, 1.165) is 22.4 Å². The van der Waals surface area contributed by atoms with Gasteiger partial charge in [0.25, 0.3) is 0 Å². The average molecular weight is 377 g/mol. The van der Waals surface area contributed by atoms with E-state index in [9.17, 15) is 0 Å². The second-order valence-electron chi connectivity index (χ2n) is 5.63. The normalized spacial score (nSPS) is 11.0. The Morgan fingerprint density at radius 2 is 1.57 bits per heavy atom. The lowest BCUT2D eigenvalue weighted by Gasteiger charge is -2.23. The van der Waals surface area contributed by atoms with Crippen molar-refractivity contribution in [3.63, 3.8) is 0 Å². The Kier molecular flexibility index (Phi) is 12.9. The highest BCUT2D eigenvalue weighted by atomic mass is 16.5. The van der Waals surface area contributed by atoms with Crippen molar-refractivity contribution in [3.05, 3.63) is 108 Å². The molecule has 1 atom stereocenters. The zero-order valence-electron chi connectivity index (χ0n) is 18.5. The lowest BCUT2D eigenvalue weighted by molar-refractivity contribution is 0.408. The van der Waals surface area contributed by atoms with Crippen LogP contribution in [0.1, 0.15) is 55.9 Å². The van der Waals surface area contributed by atoms with Gasteiger partial charge in [-0.2, -0.15) is 0 Å². The van der Waals surface area contributed by atoms with Gasteiger partial charge in [0.05, 0.1) is 7.11 Å². The van der Waals surface area contributed by atoms with Crippen LogP contribution < -0.4 is 4.74 Å². The molecule has 0 aliphatic carbocycles. The third-order valence-electron chi connectivity index (χ3n) is 4.04. The zero-order valence-corrected chi connectivity index (χ0v) is 18.5. The van der Waals surface area contributed by atoms with Crippen LogP contribution in [-0.2, 0) is 0 Å². The summed E-state index contributed by atoms with van der Waals surface area (Å²) in [5.74, 6) is 0.872. The first-order chi connectivity index (χ1) is 13.7. The Hall–Kier alpha value is -2.80. The largest absolute Gasteiger partial charge is 0.496 e. The van der Waals surface area contributed by atoms with Crippen LogP contribution >= 0.6 is 0 Å². The maximum Gasteiger partial charge on any atom is 0.130 e. The van der Waals surface area contributed by atoms with Gasteiger partial charge in [0.2, 0.25) is 0 Å². The van der Waals surface area contributed by atoms with Crippen LogP contribution in [0.25, 0.3) is 6.08 Å². The molecule has 1 unspecified atom stereocenters. The van der Waals surface area contributed by atoms with E-state index in [4.69, 9.17) is 4.74 Å². The second kappa shape index (κ2) is 14.3. The predicted molar refractivity (Wildman–Crippen MR) is 127 cm³/mol. The van der Waals surface area contributed by atoms with E-state index in [0.29, 0.717) is 0 Å². The second-order valence-corrected chi connectivity index (χ2v) is 5.63. The third kappa shape index (κ3) is 6.42. The fourth-order valence-corrected chi connectivity index (χ4v) is 3.05. The molecule has 0 bridgehead atoms. The summed E-state index contributed by atoms with van der Waals surface area (Å²) in [6, 6.07) is 14.6. The van der Waals surface area contributed by atoms with Gasteiger partial charge in [-0.25, -0.2) is 0 Å². The molecule has 2 rings (SSSR count). The average Bonchev–Trinajstić information content (AvgIpc) is 2.76. The topological polar surface area (TPSA) is 9.23 Å². The molecule has 0 spiro atoms. The molecule has 1 heteroatoms. The van der Waals surface area contributed by atoms with Crippen LogP contribution in [0.5, 0.6) is 5.75 Å². The van der Waals surface area contributed by atoms with Crippen molar-refractivity contribution in [2.45, 2.75) is 40.5 Å². The Morgan fingerprint density at radius 1 is 0.964 bits per heavy atom. The Labute approximate surface area is 172 Å². The van der Waals surface area contributed by atoms with Crippen LogP contribution in [0, 0.1) is 6.92 Å². The standard InChI is InChI=1S/C23H24O.2C2H6/c1-6-12-18(7-2)22(20-13-10-9-11-14-20)21-16-17(4)15-19(8-3)23(21)24-5;2*1-2/h6-16,22H,1-3H2,4-5H3;2*1-2H3/b18-12+;;. The van der Waals surface area contributed by atoms with Gasteiger partial charge in [-0.15, -0.1) is 0 Å². The van der Waals surface area contributed by atoms with Crippen molar-refractivity contribution in [1.29, 1.82) is 0 Å². The van der Waals surface area contributed by atoms with Gasteiger partial charge >= 0.3 is 0 Å². The highest BCUT2D eigenvalue weighted by Crippen LogP contribution is 2.40. The minimum absolute atomic E-state index is 0.0234. The lowest BCUT2D eigenvalue weighted by Crippen LogP contribution is -2.07. The summed E-state index contributed by atoms with van der Waals surface area (Å²) in [5.41, 5.74) is 5.53. The molecule has 0 amide bonds. The molecule has 0 aliphatic rings. The Bertz CT molecular complexity index is 766. The van der Waals surface area contributed by atoms with Gasteiger partial charge in [0.15, 0.2) is 0 Å². The van der Waals surface area contributed by atoms with Gasteiger partial charge in [-0.3, -0.25) is 0 Å². The van der Waals surface area contributed by atoms with Crippen LogP contribution in [0.15, 0.2) is 86.0 Å². The van der Waals surface area contributed by atoms with E-state index in [1.54, 1.807) is 13.2 Å². The van der Waals surface area contributed by atoms with Gasteiger partial charge in [-0.1, -0.05) is 108 Å². The highest BCUT2D eigenvalue weighted by Gasteiger charge is 2.22. The molecule has 0 radical (unpaired) electrons. The highest BCUT2D eigenvalue weighted by molar-refractivity contribution is 5.63. The summed E-state index contributed by atoms with van der Waals surface area (Å²) in [5, 5.41) is 0. The van der Waals surface area contributed by atoms with Crippen LogP contribution in [-0.4, -0.2) is 7.11 Å². The number of hydrogen-bond donors (Lipinski definition) is 0. The number of hydrogen-bond acceptors (Lipinski definition) is 1. The Balaban J connectivity index is 0.00000171. The zero-order chi connectivity index (χ0) is 21.5. The summed E-state index contributed by atoms with van der Waals surface area (Å²) in [4.78, 5) is 0. The quantitative estimate of drug-likeness (QED) is 0.443. The van der Waals surface area contributed by atoms with Crippen molar-refractivity contribution >= 4 is 6.08 Å². The summed E-state index contributed by atoms with van der Waals surface area (Å²) in [6.45, 7) is 21.8. The monoisotopic (exact) mass is 376 g/mol. The first-order valence-electron chi connectivity index (χ1n) is 9.97. The fraction of sp³-hybridized carbons (Fsp3) is 0.259. The van der Waals surface area contributed by atoms with Gasteiger partial charge < -0.3 is 4.74 Å². The van der Waals surface area contributed by atoms with Crippen molar-refractivity contribution < 1.29 is 4.74 Å². The van der Waals surface area contributed by atoms with Crippen molar-refractivity contribution in [2.75, 3.05) is 7.11 Å². The molecule has 150 valence electrons. The predicted octanol–water partition coefficient (Wildman–Crippen LogP) is 8.13. The summed E-state index contributed by atoms with van der Waals surface area (Å²) in [6.07, 6.45) is 7.51. The molecular formula is C27H36O. The number of benzene rings is 2. The first kappa shape index (κ1) is 25.2. The smallest absolute Gasteiger partial charge is 0.130 e. The molecule has 0 N–H and O–H groups in total. The van der Waals surface area contributed by atoms with E-state index in [2.05, 4.69) is 50.9 Å². The summed E-state index contributed by atoms with van der Waals surface area (Å²) in [7, 11) is 1.70. The first-order valence-corrected chi connectivity index (χ1v) is 9.97. The SMILES string of the molecule is C=C/C=C(\C=C)C(c1ccccc1)c1cc(C)cc(C=C)c1OC.CC.CC. The van der Waals surface area contributed by atoms with E-state index < -0.39 is 0 Å². The molecule has 0 aliphatic heterocycles. The summed E-state index contributed by atoms with van der Waals surface area (Å²) >= 11 is 0. The minimum Gasteiger partial charge on any atom is -0.496 e. The van der Waals surface area contributed by atoms with Crippen molar-refractivity contribution in [3.8, 4) is 5.75 Å². The number of rotatable bonds is 7. The number of methoxy groups -OCH3 is 1. The summed E-state index contributed by atoms with van der Waals surface area (Å²) < 4.78 is 5.74. The maximum absolute atomic E-state index is 5.74. The van der Waals surface area contributed by atoms with Crippen LogP contribution in [0.4, 0.5) is 0 Å². The number of allylic oxidation sites excluding steroid dienone is 4. The molecule has 0 heterocycles. The molecule has 0 saturated heterocycles. The maximum atomic E-state index is 5.74. The Morgan fingerprint density at radius 3 is 2.04 bits per heavy atom. The van der Waals surface area contributed by atoms with Crippen molar-refractivity contribution in [2.24, 2.45) is 0 Å². The number of ether oxygens (including phenoxy) is 1. The van der Waals surface area contributed by atoms with E-state index >= 15 is 0 Å². The minimum atomic E-state index is 0.0234. The van der Waals surface area contributed by atoms with Gasteiger partial charge in [0, 0.05) is 17.0 Å². The lowest BCUT2D eigenvalue weighted by atomic mass is 9.82. The number of aryl methyl sites for hydroxylation is 1. The molecule has 0 fully saturated rings. The molecular weight excluding hydrogens is 340 g/mol. The molecule has 0 saturated carbocycles. The van der Waals surface area contributed by atoms with Crippen LogP contribution in [0.2, 0.25) is 0 Å². The van der Waals surface area contributed by atoms with Gasteiger partial charge in [-0.05, 0) is 29.7 Å². The fourth-order valence-electron chi connectivity index (χ4n) is 3.05. The third-order valence-corrected chi connectivity index (χ3v) is 4.04.